The van der Waals surface area contributed by atoms with Crippen LogP contribution in [0.3, 0.4) is 0 Å². The molecule has 1 aromatic heterocycles. The molecule has 0 spiro atoms. The van der Waals surface area contributed by atoms with E-state index in [-0.39, 0.29) is 0 Å². The fourth-order valence-corrected chi connectivity index (χ4v) is 2.61. The molecule has 0 saturated heterocycles. The van der Waals surface area contributed by atoms with Crippen LogP contribution in [0.2, 0.25) is 0 Å². The van der Waals surface area contributed by atoms with E-state index in [2.05, 4.69) is 28.0 Å². The van der Waals surface area contributed by atoms with Crippen LogP contribution in [-0.2, 0) is 13.6 Å². The molecular formula is C15H26N4. The summed E-state index contributed by atoms with van der Waals surface area (Å²) in [4.78, 5) is 6.46. The summed E-state index contributed by atoms with van der Waals surface area (Å²) in [5.41, 5.74) is 2.87. The van der Waals surface area contributed by atoms with Gasteiger partial charge < -0.3 is 14.8 Å². The van der Waals surface area contributed by atoms with E-state index >= 15 is 0 Å². The van der Waals surface area contributed by atoms with E-state index in [0.29, 0.717) is 0 Å². The summed E-state index contributed by atoms with van der Waals surface area (Å²) < 4.78 is 2.15. The number of nitrogens with one attached hydrogen (secondary N) is 1. The third kappa shape index (κ3) is 3.83. The van der Waals surface area contributed by atoms with Crippen LogP contribution in [0.15, 0.2) is 17.8 Å². The lowest BCUT2D eigenvalue weighted by Crippen LogP contribution is -2.19. The van der Waals surface area contributed by atoms with Crippen molar-refractivity contribution in [3.63, 3.8) is 0 Å². The summed E-state index contributed by atoms with van der Waals surface area (Å²) in [7, 11) is 6.12. The molecule has 1 aliphatic carbocycles. The van der Waals surface area contributed by atoms with Gasteiger partial charge in [0.1, 0.15) is 0 Å². The topological polar surface area (TPSA) is 33.1 Å². The first-order valence-corrected chi connectivity index (χ1v) is 7.25. The van der Waals surface area contributed by atoms with Crippen molar-refractivity contribution in [3.8, 4) is 0 Å². The molecule has 0 bridgehead atoms. The Morgan fingerprint density at radius 2 is 2.21 bits per heavy atom. The minimum absolute atomic E-state index is 0.893. The van der Waals surface area contributed by atoms with Crippen LogP contribution in [0.1, 0.15) is 37.8 Å². The van der Waals surface area contributed by atoms with E-state index in [1.165, 1.54) is 37.8 Å². The van der Waals surface area contributed by atoms with Crippen molar-refractivity contribution in [2.75, 3.05) is 25.5 Å². The van der Waals surface area contributed by atoms with Gasteiger partial charge in [-0.3, -0.25) is 0 Å². The Balaban J connectivity index is 1.75. The Morgan fingerprint density at radius 3 is 2.84 bits per heavy atom. The van der Waals surface area contributed by atoms with Gasteiger partial charge in [-0.1, -0.05) is 11.6 Å². The summed E-state index contributed by atoms with van der Waals surface area (Å²) in [6.07, 6.45) is 10.9. The van der Waals surface area contributed by atoms with E-state index < -0.39 is 0 Å². The molecule has 2 rings (SSSR count). The highest BCUT2D eigenvalue weighted by Gasteiger charge is 2.07. The second-order valence-electron chi connectivity index (χ2n) is 5.54. The van der Waals surface area contributed by atoms with Gasteiger partial charge in [0.15, 0.2) is 0 Å². The molecule has 1 heterocycles. The minimum Gasteiger partial charge on any atom is -0.348 e. The van der Waals surface area contributed by atoms with Crippen LogP contribution < -0.4 is 10.2 Å². The van der Waals surface area contributed by atoms with Gasteiger partial charge in [0.25, 0.3) is 0 Å². The van der Waals surface area contributed by atoms with Gasteiger partial charge in [-0.25, -0.2) is 4.98 Å². The van der Waals surface area contributed by atoms with Gasteiger partial charge >= 0.3 is 0 Å². The molecule has 0 aliphatic heterocycles. The molecule has 0 fully saturated rings. The highest BCUT2D eigenvalue weighted by Crippen LogP contribution is 2.19. The van der Waals surface area contributed by atoms with Crippen molar-refractivity contribution in [3.05, 3.63) is 23.5 Å². The smallest absolute Gasteiger partial charge is 0.204 e. The van der Waals surface area contributed by atoms with Crippen LogP contribution in [0.25, 0.3) is 0 Å². The molecule has 1 N–H and O–H groups in total. The molecule has 0 aromatic carbocycles. The zero-order valence-electron chi connectivity index (χ0n) is 12.4. The number of allylic oxidation sites excluding steroid dienone is 1. The zero-order valence-corrected chi connectivity index (χ0v) is 12.4. The SMILES string of the molecule is CN(C)c1ncc(CNCCC2=CCCCC2)n1C. The second-order valence-corrected chi connectivity index (χ2v) is 5.54. The summed E-state index contributed by atoms with van der Waals surface area (Å²) in [5, 5.41) is 3.52. The Labute approximate surface area is 116 Å². The summed E-state index contributed by atoms with van der Waals surface area (Å²) in [6, 6.07) is 0. The molecule has 1 aliphatic rings. The normalized spacial score (nSPS) is 15.4. The van der Waals surface area contributed by atoms with Gasteiger partial charge in [0, 0.05) is 27.7 Å². The molecule has 4 nitrogen and oxygen atoms in total. The van der Waals surface area contributed by atoms with Crippen molar-refractivity contribution in [1.82, 2.24) is 14.9 Å². The maximum atomic E-state index is 4.42. The molecule has 0 amide bonds. The third-order valence-corrected chi connectivity index (χ3v) is 3.77. The highest BCUT2D eigenvalue weighted by atomic mass is 15.3. The number of nitrogens with zero attached hydrogens (tertiary/aromatic N) is 3. The third-order valence-electron chi connectivity index (χ3n) is 3.77. The molecule has 4 heteroatoms. The Hall–Kier alpha value is -1.29. The fourth-order valence-electron chi connectivity index (χ4n) is 2.61. The van der Waals surface area contributed by atoms with Gasteiger partial charge in [-0.2, -0.15) is 0 Å². The highest BCUT2D eigenvalue weighted by molar-refractivity contribution is 5.30. The van der Waals surface area contributed by atoms with Crippen molar-refractivity contribution in [2.24, 2.45) is 7.05 Å². The lowest BCUT2D eigenvalue weighted by molar-refractivity contribution is 0.618. The number of hydrogen-bond donors (Lipinski definition) is 1. The van der Waals surface area contributed by atoms with Crippen LogP contribution in [0, 0.1) is 0 Å². The quantitative estimate of drug-likeness (QED) is 0.631. The molecule has 0 unspecified atom stereocenters. The predicted molar refractivity (Wildman–Crippen MR) is 80.4 cm³/mol. The van der Waals surface area contributed by atoms with Gasteiger partial charge in [-0.05, 0) is 38.6 Å². The number of imidazole rings is 1. The first-order valence-electron chi connectivity index (χ1n) is 7.25. The first kappa shape index (κ1) is 14.1. The largest absolute Gasteiger partial charge is 0.348 e. The average molecular weight is 262 g/mol. The van der Waals surface area contributed by atoms with Crippen molar-refractivity contribution in [2.45, 2.75) is 38.6 Å². The predicted octanol–water partition coefficient (Wildman–Crippen LogP) is 2.47. The Bertz CT molecular complexity index is 431. The van der Waals surface area contributed by atoms with E-state index in [0.717, 1.165) is 19.0 Å². The number of aromatic nitrogens is 2. The van der Waals surface area contributed by atoms with Crippen molar-refractivity contribution < 1.29 is 0 Å². The second kappa shape index (κ2) is 6.75. The number of rotatable bonds is 6. The van der Waals surface area contributed by atoms with Crippen LogP contribution in [0.5, 0.6) is 0 Å². The van der Waals surface area contributed by atoms with E-state index in [9.17, 15) is 0 Å². The molecular weight excluding hydrogens is 236 g/mol. The zero-order chi connectivity index (χ0) is 13.7. The van der Waals surface area contributed by atoms with E-state index in [1.54, 1.807) is 5.57 Å². The Morgan fingerprint density at radius 1 is 1.37 bits per heavy atom. The maximum Gasteiger partial charge on any atom is 0.204 e. The van der Waals surface area contributed by atoms with Gasteiger partial charge in [0.05, 0.1) is 11.9 Å². The Kier molecular flexibility index (Phi) is 5.02. The lowest BCUT2D eigenvalue weighted by Gasteiger charge is -2.14. The molecule has 1 aromatic rings. The fraction of sp³-hybridized carbons (Fsp3) is 0.667. The summed E-state index contributed by atoms with van der Waals surface area (Å²) in [5.74, 6) is 1.01. The number of anilines is 1. The molecule has 0 atom stereocenters. The lowest BCUT2D eigenvalue weighted by atomic mass is 9.97. The van der Waals surface area contributed by atoms with Crippen LogP contribution >= 0.6 is 0 Å². The monoisotopic (exact) mass is 262 g/mol. The van der Waals surface area contributed by atoms with Crippen LogP contribution in [0.4, 0.5) is 5.95 Å². The maximum absolute atomic E-state index is 4.42. The average Bonchev–Trinajstić information content (AvgIpc) is 2.77. The molecule has 106 valence electrons. The van der Waals surface area contributed by atoms with E-state index in [1.807, 2.05) is 25.2 Å². The molecule has 0 radical (unpaired) electrons. The standard InChI is InChI=1S/C15H26N4/c1-18(2)15-17-12-14(19(15)3)11-16-10-9-13-7-5-4-6-8-13/h7,12,16H,4-6,8-11H2,1-3H3. The van der Waals surface area contributed by atoms with Crippen molar-refractivity contribution in [1.29, 1.82) is 0 Å². The van der Waals surface area contributed by atoms with Crippen LogP contribution in [-0.4, -0.2) is 30.2 Å². The molecule has 19 heavy (non-hydrogen) atoms. The van der Waals surface area contributed by atoms with Crippen molar-refractivity contribution >= 4 is 5.95 Å². The summed E-state index contributed by atoms with van der Waals surface area (Å²) in [6.45, 7) is 1.96. The molecule has 0 saturated carbocycles. The van der Waals surface area contributed by atoms with Gasteiger partial charge in [-0.15, -0.1) is 0 Å². The summed E-state index contributed by atoms with van der Waals surface area (Å²) >= 11 is 0. The van der Waals surface area contributed by atoms with E-state index in [4.69, 9.17) is 0 Å². The minimum atomic E-state index is 0.893. The van der Waals surface area contributed by atoms with Gasteiger partial charge in [0.2, 0.25) is 5.95 Å². The first-order chi connectivity index (χ1) is 9.18. The number of hydrogen-bond acceptors (Lipinski definition) is 3.